The molecule has 5 nitrogen and oxygen atoms in total. The summed E-state index contributed by atoms with van der Waals surface area (Å²) in [5.41, 5.74) is -0.716. The molecule has 3 N–H and O–H groups in total. The van der Waals surface area contributed by atoms with Crippen molar-refractivity contribution in [2.75, 3.05) is 0 Å². The normalized spacial score (nSPS) is 14.2. The quantitative estimate of drug-likeness (QED) is 0.768. The van der Waals surface area contributed by atoms with Crippen molar-refractivity contribution in [1.29, 1.82) is 0 Å². The Kier molecular flexibility index (Phi) is 6.77. The SMILES string of the molecule is CC(C)NC(=O)NC(=O)[C@@H](C)N[C@@H](C)c1ccccc1C(F)(F)F. The Labute approximate surface area is 139 Å². The fourth-order valence-electron chi connectivity index (χ4n) is 2.19. The van der Waals surface area contributed by atoms with E-state index in [0.29, 0.717) is 0 Å². The van der Waals surface area contributed by atoms with E-state index in [1.807, 2.05) is 0 Å². The average molecular weight is 345 g/mol. The number of hydrogen-bond acceptors (Lipinski definition) is 3. The third-order valence-corrected chi connectivity index (χ3v) is 3.28. The van der Waals surface area contributed by atoms with Gasteiger partial charge in [-0.15, -0.1) is 0 Å². The Morgan fingerprint density at radius 1 is 1.04 bits per heavy atom. The summed E-state index contributed by atoms with van der Waals surface area (Å²) in [5.74, 6) is -0.621. The summed E-state index contributed by atoms with van der Waals surface area (Å²) in [7, 11) is 0. The fraction of sp³-hybridized carbons (Fsp3) is 0.500. The fourth-order valence-corrected chi connectivity index (χ4v) is 2.19. The molecule has 8 heteroatoms. The minimum absolute atomic E-state index is 0.0382. The van der Waals surface area contributed by atoms with Gasteiger partial charge in [0.1, 0.15) is 0 Å². The van der Waals surface area contributed by atoms with Crippen LogP contribution in [0.15, 0.2) is 24.3 Å². The zero-order valence-electron chi connectivity index (χ0n) is 14.0. The molecule has 0 bridgehead atoms. The Bertz CT molecular complexity index is 588. The molecule has 0 saturated heterocycles. The molecule has 1 rings (SSSR count). The van der Waals surface area contributed by atoms with Crippen LogP contribution >= 0.6 is 0 Å². The summed E-state index contributed by atoms with van der Waals surface area (Å²) in [6.07, 6.45) is -4.48. The molecular weight excluding hydrogens is 323 g/mol. The van der Waals surface area contributed by atoms with Crippen LogP contribution in [0.3, 0.4) is 0 Å². The molecule has 1 aromatic rings. The van der Waals surface area contributed by atoms with Crippen LogP contribution in [0.2, 0.25) is 0 Å². The van der Waals surface area contributed by atoms with E-state index in [4.69, 9.17) is 0 Å². The van der Waals surface area contributed by atoms with Gasteiger partial charge < -0.3 is 5.32 Å². The molecule has 0 saturated carbocycles. The van der Waals surface area contributed by atoms with E-state index in [-0.39, 0.29) is 11.6 Å². The molecule has 0 radical (unpaired) electrons. The van der Waals surface area contributed by atoms with E-state index < -0.39 is 35.8 Å². The van der Waals surface area contributed by atoms with E-state index in [1.54, 1.807) is 13.8 Å². The first-order valence-corrected chi connectivity index (χ1v) is 7.56. The lowest BCUT2D eigenvalue weighted by Crippen LogP contribution is -2.49. The Morgan fingerprint density at radius 2 is 1.62 bits per heavy atom. The monoisotopic (exact) mass is 345 g/mol. The van der Waals surface area contributed by atoms with Crippen molar-refractivity contribution in [2.24, 2.45) is 0 Å². The number of imide groups is 1. The van der Waals surface area contributed by atoms with Gasteiger partial charge in [-0.05, 0) is 39.3 Å². The second-order valence-corrected chi connectivity index (χ2v) is 5.81. The van der Waals surface area contributed by atoms with Gasteiger partial charge in [-0.25, -0.2) is 4.79 Å². The summed E-state index contributed by atoms with van der Waals surface area (Å²) in [4.78, 5) is 23.4. The number of carbonyl (C=O) groups excluding carboxylic acids is 2. The lowest BCUT2D eigenvalue weighted by atomic mass is 10.0. The predicted molar refractivity (Wildman–Crippen MR) is 84.3 cm³/mol. The zero-order chi connectivity index (χ0) is 18.5. The van der Waals surface area contributed by atoms with E-state index >= 15 is 0 Å². The molecule has 1 aromatic carbocycles. The molecule has 0 aliphatic carbocycles. The molecular formula is C16H22F3N3O2. The highest BCUT2D eigenvalue weighted by molar-refractivity contribution is 5.96. The topological polar surface area (TPSA) is 70.2 Å². The highest BCUT2D eigenvalue weighted by atomic mass is 19.4. The summed E-state index contributed by atoms with van der Waals surface area (Å²) < 4.78 is 39.1. The van der Waals surface area contributed by atoms with Crippen LogP contribution in [0.4, 0.5) is 18.0 Å². The lowest BCUT2D eigenvalue weighted by Gasteiger charge is -2.23. The van der Waals surface area contributed by atoms with Crippen molar-refractivity contribution < 1.29 is 22.8 Å². The average Bonchev–Trinajstić information content (AvgIpc) is 2.45. The Hall–Kier alpha value is -2.09. The van der Waals surface area contributed by atoms with Crippen molar-refractivity contribution in [3.63, 3.8) is 0 Å². The van der Waals surface area contributed by atoms with Crippen LogP contribution in [-0.2, 0) is 11.0 Å². The van der Waals surface area contributed by atoms with Crippen molar-refractivity contribution in [2.45, 2.75) is 52.0 Å². The molecule has 134 valence electrons. The van der Waals surface area contributed by atoms with Crippen LogP contribution in [0, 0.1) is 0 Å². The van der Waals surface area contributed by atoms with Crippen molar-refractivity contribution >= 4 is 11.9 Å². The lowest BCUT2D eigenvalue weighted by molar-refractivity contribution is -0.138. The van der Waals surface area contributed by atoms with Gasteiger partial charge in [0.2, 0.25) is 5.91 Å². The van der Waals surface area contributed by atoms with Gasteiger partial charge in [-0.1, -0.05) is 18.2 Å². The first kappa shape index (κ1) is 20.0. The van der Waals surface area contributed by atoms with Crippen molar-refractivity contribution in [1.82, 2.24) is 16.0 Å². The van der Waals surface area contributed by atoms with Crippen molar-refractivity contribution in [3.8, 4) is 0 Å². The number of alkyl halides is 3. The zero-order valence-corrected chi connectivity index (χ0v) is 14.0. The molecule has 2 atom stereocenters. The van der Waals surface area contributed by atoms with E-state index in [1.165, 1.54) is 32.0 Å². The van der Waals surface area contributed by atoms with E-state index in [9.17, 15) is 22.8 Å². The number of halogens is 3. The van der Waals surface area contributed by atoms with Gasteiger partial charge in [-0.2, -0.15) is 13.2 Å². The third kappa shape index (κ3) is 5.84. The van der Waals surface area contributed by atoms with Crippen LogP contribution in [0.5, 0.6) is 0 Å². The minimum atomic E-state index is -4.48. The molecule has 0 aliphatic rings. The van der Waals surface area contributed by atoms with Crippen LogP contribution < -0.4 is 16.0 Å². The number of carbonyl (C=O) groups is 2. The minimum Gasteiger partial charge on any atom is -0.336 e. The van der Waals surface area contributed by atoms with E-state index in [0.717, 1.165) is 6.07 Å². The maximum Gasteiger partial charge on any atom is 0.416 e. The van der Waals surface area contributed by atoms with Crippen molar-refractivity contribution in [3.05, 3.63) is 35.4 Å². The van der Waals surface area contributed by atoms with Gasteiger partial charge in [0.25, 0.3) is 0 Å². The molecule has 3 amide bonds. The van der Waals surface area contributed by atoms with Gasteiger partial charge in [0.15, 0.2) is 0 Å². The first-order valence-electron chi connectivity index (χ1n) is 7.56. The maximum atomic E-state index is 13.0. The summed E-state index contributed by atoms with van der Waals surface area (Å²) in [6, 6.07) is 2.81. The standard InChI is InChI=1S/C16H22F3N3O2/c1-9(2)20-15(24)22-14(23)11(4)21-10(3)12-7-5-6-8-13(12)16(17,18)19/h5-11,21H,1-4H3,(H2,20,22,23,24)/t10-,11+/m0/s1. The van der Waals surface area contributed by atoms with Gasteiger partial charge in [0.05, 0.1) is 11.6 Å². The highest BCUT2D eigenvalue weighted by Crippen LogP contribution is 2.34. The van der Waals surface area contributed by atoms with Crippen LogP contribution in [0.25, 0.3) is 0 Å². The number of nitrogens with one attached hydrogen (secondary N) is 3. The Balaban J connectivity index is 2.76. The third-order valence-electron chi connectivity index (χ3n) is 3.28. The molecule has 24 heavy (non-hydrogen) atoms. The molecule has 0 fully saturated rings. The number of rotatable bonds is 5. The first-order chi connectivity index (χ1) is 11.0. The maximum absolute atomic E-state index is 13.0. The molecule has 0 spiro atoms. The second-order valence-electron chi connectivity index (χ2n) is 5.81. The number of urea groups is 1. The van der Waals surface area contributed by atoms with E-state index in [2.05, 4.69) is 16.0 Å². The second kappa shape index (κ2) is 8.14. The van der Waals surface area contributed by atoms with Gasteiger partial charge in [-0.3, -0.25) is 15.4 Å². The van der Waals surface area contributed by atoms with Crippen LogP contribution in [-0.4, -0.2) is 24.0 Å². The van der Waals surface area contributed by atoms with Gasteiger partial charge >= 0.3 is 12.2 Å². The molecule has 0 unspecified atom stereocenters. The molecule has 0 aliphatic heterocycles. The predicted octanol–water partition coefficient (Wildman–Crippen LogP) is 2.98. The number of amides is 3. The molecule has 0 heterocycles. The summed E-state index contributed by atoms with van der Waals surface area (Å²) in [5, 5.41) is 7.41. The largest absolute Gasteiger partial charge is 0.416 e. The molecule has 0 aromatic heterocycles. The Morgan fingerprint density at radius 3 is 2.17 bits per heavy atom. The smallest absolute Gasteiger partial charge is 0.336 e. The summed E-state index contributed by atoms with van der Waals surface area (Å²) in [6.45, 7) is 6.48. The highest BCUT2D eigenvalue weighted by Gasteiger charge is 2.34. The van der Waals surface area contributed by atoms with Gasteiger partial charge in [0, 0.05) is 12.1 Å². The number of hydrogen-bond donors (Lipinski definition) is 3. The summed E-state index contributed by atoms with van der Waals surface area (Å²) >= 11 is 0. The van der Waals surface area contributed by atoms with Crippen LogP contribution in [0.1, 0.15) is 44.9 Å². The number of benzene rings is 1.